The molecule has 0 bridgehead atoms. The number of alkyl halides is 3. The molecule has 1 saturated heterocycles. The van der Waals surface area contributed by atoms with E-state index in [-0.39, 0.29) is 24.3 Å². The lowest BCUT2D eigenvalue weighted by Gasteiger charge is -2.39. The van der Waals surface area contributed by atoms with E-state index >= 15 is 0 Å². The first kappa shape index (κ1) is 18.7. The van der Waals surface area contributed by atoms with E-state index in [1.807, 2.05) is 11.8 Å². The predicted octanol–water partition coefficient (Wildman–Crippen LogP) is 3.13. The van der Waals surface area contributed by atoms with Gasteiger partial charge in [-0.1, -0.05) is 19.1 Å². The maximum absolute atomic E-state index is 12.9. The SMILES string of the molecule is CCC1(CO)CCN(CC(=O)Nc2ccccc2C(F)(F)F)CC1. The van der Waals surface area contributed by atoms with Crippen molar-refractivity contribution in [2.75, 3.05) is 31.6 Å². The van der Waals surface area contributed by atoms with Crippen molar-refractivity contribution >= 4 is 11.6 Å². The summed E-state index contributed by atoms with van der Waals surface area (Å²) in [6.45, 7) is 3.53. The van der Waals surface area contributed by atoms with E-state index in [9.17, 15) is 23.1 Å². The van der Waals surface area contributed by atoms with E-state index < -0.39 is 17.6 Å². The van der Waals surface area contributed by atoms with Crippen molar-refractivity contribution in [2.45, 2.75) is 32.4 Å². The molecule has 0 atom stereocenters. The van der Waals surface area contributed by atoms with Gasteiger partial charge in [-0.05, 0) is 49.9 Å². The first-order valence-corrected chi connectivity index (χ1v) is 8.09. The number of benzene rings is 1. The van der Waals surface area contributed by atoms with Gasteiger partial charge in [0, 0.05) is 6.61 Å². The number of anilines is 1. The topological polar surface area (TPSA) is 52.6 Å². The minimum Gasteiger partial charge on any atom is -0.396 e. The number of rotatable bonds is 5. The molecule has 0 aromatic heterocycles. The van der Waals surface area contributed by atoms with Crippen molar-refractivity contribution < 1.29 is 23.1 Å². The number of carbonyl (C=O) groups is 1. The molecule has 1 aliphatic heterocycles. The highest BCUT2D eigenvalue weighted by molar-refractivity contribution is 5.93. The Balaban J connectivity index is 1.94. The molecule has 1 aliphatic rings. The zero-order chi connectivity index (χ0) is 17.8. The lowest BCUT2D eigenvalue weighted by Crippen LogP contribution is -2.44. The van der Waals surface area contributed by atoms with Crippen LogP contribution >= 0.6 is 0 Å². The predicted molar refractivity (Wildman–Crippen MR) is 85.6 cm³/mol. The second-order valence-electron chi connectivity index (χ2n) is 6.38. The van der Waals surface area contributed by atoms with Crippen LogP contribution in [0.2, 0.25) is 0 Å². The Kier molecular flexibility index (Phi) is 5.87. The lowest BCUT2D eigenvalue weighted by atomic mass is 9.77. The van der Waals surface area contributed by atoms with Gasteiger partial charge in [0.15, 0.2) is 0 Å². The number of halogens is 3. The Bertz CT molecular complexity index is 561. The number of aliphatic hydroxyl groups excluding tert-OH is 1. The van der Waals surface area contributed by atoms with Crippen LogP contribution in [0.5, 0.6) is 0 Å². The number of aliphatic hydroxyl groups is 1. The molecule has 1 heterocycles. The minimum atomic E-state index is -4.50. The van der Waals surface area contributed by atoms with Gasteiger partial charge >= 0.3 is 6.18 Å². The highest BCUT2D eigenvalue weighted by atomic mass is 19.4. The Morgan fingerprint density at radius 2 is 1.92 bits per heavy atom. The van der Waals surface area contributed by atoms with E-state index in [4.69, 9.17) is 0 Å². The van der Waals surface area contributed by atoms with E-state index in [0.29, 0.717) is 13.1 Å². The third kappa shape index (κ3) is 4.48. The molecule has 1 aromatic rings. The molecule has 0 radical (unpaired) electrons. The fourth-order valence-electron chi connectivity index (χ4n) is 3.04. The first-order chi connectivity index (χ1) is 11.3. The maximum Gasteiger partial charge on any atom is 0.418 e. The standard InChI is InChI=1S/C17H23F3N2O2/c1-2-16(12-23)7-9-22(10-8-16)11-15(24)21-14-6-4-3-5-13(14)17(18,19)20/h3-6,23H,2,7-12H2,1H3,(H,21,24). The fourth-order valence-corrected chi connectivity index (χ4v) is 3.04. The number of likely N-dealkylation sites (tertiary alicyclic amines) is 1. The fraction of sp³-hybridized carbons (Fsp3) is 0.588. The third-order valence-corrected chi connectivity index (χ3v) is 4.88. The van der Waals surface area contributed by atoms with Crippen LogP contribution in [0.4, 0.5) is 18.9 Å². The van der Waals surface area contributed by atoms with Gasteiger partial charge in [-0.2, -0.15) is 13.2 Å². The van der Waals surface area contributed by atoms with Crippen molar-refractivity contribution in [3.8, 4) is 0 Å². The highest BCUT2D eigenvalue weighted by Gasteiger charge is 2.35. The van der Waals surface area contributed by atoms with Gasteiger partial charge in [0.05, 0.1) is 17.8 Å². The molecule has 0 saturated carbocycles. The second kappa shape index (κ2) is 7.53. The van der Waals surface area contributed by atoms with Gasteiger partial charge in [-0.15, -0.1) is 0 Å². The van der Waals surface area contributed by atoms with Gasteiger partial charge in [-0.25, -0.2) is 0 Å². The van der Waals surface area contributed by atoms with Crippen LogP contribution in [0.15, 0.2) is 24.3 Å². The normalized spacial score (nSPS) is 18.4. The summed E-state index contributed by atoms with van der Waals surface area (Å²) in [7, 11) is 0. The summed E-state index contributed by atoms with van der Waals surface area (Å²) in [5.74, 6) is -0.459. The summed E-state index contributed by atoms with van der Waals surface area (Å²) in [4.78, 5) is 14.0. The minimum absolute atomic E-state index is 0.0530. The average Bonchev–Trinajstić information content (AvgIpc) is 2.55. The first-order valence-electron chi connectivity index (χ1n) is 8.09. The Labute approximate surface area is 139 Å². The zero-order valence-corrected chi connectivity index (χ0v) is 13.7. The molecule has 2 rings (SSSR count). The van der Waals surface area contributed by atoms with E-state index in [1.165, 1.54) is 18.2 Å². The quantitative estimate of drug-likeness (QED) is 0.863. The average molecular weight is 344 g/mol. The number of nitrogens with one attached hydrogen (secondary N) is 1. The molecule has 0 unspecified atom stereocenters. The lowest BCUT2D eigenvalue weighted by molar-refractivity contribution is -0.137. The molecule has 4 nitrogen and oxygen atoms in total. The third-order valence-electron chi connectivity index (χ3n) is 4.88. The van der Waals surface area contributed by atoms with Crippen molar-refractivity contribution in [3.63, 3.8) is 0 Å². The van der Waals surface area contributed by atoms with E-state index in [0.717, 1.165) is 25.3 Å². The number of hydrogen-bond donors (Lipinski definition) is 2. The number of para-hydroxylation sites is 1. The molecule has 24 heavy (non-hydrogen) atoms. The summed E-state index contributed by atoms with van der Waals surface area (Å²) in [6, 6.07) is 4.96. The monoisotopic (exact) mass is 344 g/mol. The molecular weight excluding hydrogens is 321 g/mol. The number of nitrogens with zero attached hydrogens (tertiary/aromatic N) is 1. The Morgan fingerprint density at radius 1 is 1.29 bits per heavy atom. The van der Waals surface area contributed by atoms with Crippen LogP contribution in [0, 0.1) is 5.41 Å². The zero-order valence-electron chi connectivity index (χ0n) is 13.7. The van der Waals surface area contributed by atoms with Crippen LogP contribution in [0.25, 0.3) is 0 Å². The van der Waals surface area contributed by atoms with Crippen LogP contribution in [0.1, 0.15) is 31.7 Å². The van der Waals surface area contributed by atoms with Crippen molar-refractivity contribution in [1.29, 1.82) is 0 Å². The molecule has 0 spiro atoms. The van der Waals surface area contributed by atoms with Crippen LogP contribution < -0.4 is 5.32 Å². The maximum atomic E-state index is 12.9. The molecule has 1 fully saturated rings. The Hall–Kier alpha value is -1.60. The van der Waals surface area contributed by atoms with Gasteiger partial charge in [0.1, 0.15) is 0 Å². The van der Waals surface area contributed by atoms with Crippen molar-refractivity contribution in [3.05, 3.63) is 29.8 Å². The number of piperidine rings is 1. The van der Waals surface area contributed by atoms with Crippen LogP contribution in [-0.4, -0.2) is 42.2 Å². The molecule has 2 N–H and O–H groups in total. The Morgan fingerprint density at radius 3 is 2.46 bits per heavy atom. The summed E-state index contributed by atoms with van der Waals surface area (Å²) < 4.78 is 38.8. The summed E-state index contributed by atoms with van der Waals surface area (Å²) in [6.07, 6.45) is -2.06. The molecular formula is C17H23F3N2O2. The van der Waals surface area contributed by atoms with Crippen LogP contribution in [0.3, 0.4) is 0 Å². The van der Waals surface area contributed by atoms with Gasteiger partial charge in [0.2, 0.25) is 5.91 Å². The highest BCUT2D eigenvalue weighted by Crippen LogP contribution is 2.35. The molecule has 1 aromatic carbocycles. The molecule has 1 amide bonds. The number of amides is 1. The van der Waals surface area contributed by atoms with E-state index in [1.54, 1.807) is 0 Å². The largest absolute Gasteiger partial charge is 0.418 e. The van der Waals surface area contributed by atoms with Gasteiger partial charge in [0.25, 0.3) is 0 Å². The smallest absolute Gasteiger partial charge is 0.396 e. The van der Waals surface area contributed by atoms with E-state index in [2.05, 4.69) is 5.32 Å². The molecule has 0 aliphatic carbocycles. The molecule has 134 valence electrons. The number of hydrogen-bond acceptors (Lipinski definition) is 3. The summed E-state index contributed by atoms with van der Waals surface area (Å²) in [5.41, 5.74) is -1.15. The number of carbonyl (C=O) groups excluding carboxylic acids is 1. The van der Waals surface area contributed by atoms with Crippen molar-refractivity contribution in [1.82, 2.24) is 4.90 Å². The summed E-state index contributed by atoms with van der Waals surface area (Å²) >= 11 is 0. The van der Waals surface area contributed by atoms with Crippen LogP contribution in [-0.2, 0) is 11.0 Å². The second-order valence-corrected chi connectivity index (χ2v) is 6.38. The summed E-state index contributed by atoms with van der Waals surface area (Å²) in [5, 5.41) is 11.9. The molecule has 7 heteroatoms. The van der Waals surface area contributed by atoms with Gasteiger partial charge < -0.3 is 10.4 Å². The van der Waals surface area contributed by atoms with Gasteiger partial charge in [-0.3, -0.25) is 9.69 Å². The van der Waals surface area contributed by atoms with Crippen molar-refractivity contribution in [2.24, 2.45) is 5.41 Å².